The molecule has 82 valence electrons. The van der Waals surface area contributed by atoms with Gasteiger partial charge < -0.3 is 15.2 Å². The van der Waals surface area contributed by atoms with Crippen molar-refractivity contribution in [2.24, 2.45) is 5.73 Å². The monoisotopic (exact) mass is 208 g/mol. The Bertz CT molecular complexity index is 341. The second kappa shape index (κ2) is 4.44. The predicted octanol–water partition coefficient (Wildman–Crippen LogP) is -0.0358. The van der Waals surface area contributed by atoms with Gasteiger partial charge in [-0.2, -0.15) is 0 Å². The lowest BCUT2D eigenvalue weighted by atomic mass is 10.4. The summed E-state index contributed by atoms with van der Waals surface area (Å²) in [6.07, 6.45) is 5.73. The molecule has 2 rings (SSSR count). The molecule has 2 heterocycles. The first kappa shape index (κ1) is 10.2. The largest absolute Gasteiger partial charge is 0.341 e. The average molecular weight is 208 g/mol. The van der Waals surface area contributed by atoms with Gasteiger partial charge in [0.25, 0.3) is 0 Å². The van der Waals surface area contributed by atoms with Crippen molar-refractivity contribution in [2.45, 2.75) is 25.9 Å². The molecule has 0 bridgehead atoms. The van der Waals surface area contributed by atoms with Crippen LogP contribution in [-0.4, -0.2) is 33.4 Å². The third-order valence-corrected chi connectivity index (χ3v) is 2.75. The first-order chi connectivity index (χ1) is 7.31. The highest BCUT2D eigenvalue weighted by Gasteiger charge is 2.18. The van der Waals surface area contributed by atoms with Gasteiger partial charge in [-0.3, -0.25) is 4.79 Å². The van der Waals surface area contributed by atoms with Crippen LogP contribution in [0.2, 0.25) is 0 Å². The molecule has 1 saturated heterocycles. The van der Waals surface area contributed by atoms with E-state index in [1.807, 2.05) is 9.47 Å². The van der Waals surface area contributed by atoms with E-state index in [4.69, 9.17) is 5.73 Å². The molecule has 1 aliphatic heterocycles. The SMILES string of the molecule is NCc1nccn1CC(=O)N1CCCC1. The third-order valence-electron chi connectivity index (χ3n) is 2.75. The Hall–Kier alpha value is -1.36. The van der Waals surface area contributed by atoms with E-state index in [0.29, 0.717) is 13.1 Å². The molecule has 0 saturated carbocycles. The van der Waals surface area contributed by atoms with Crippen LogP contribution in [0.25, 0.3) is 0 Å². The number of hydrogen-bond acceptors (Lipinski definition) is 3. The van der Waals surface area contributed by atoms with Gasteiger partial charge >= 0.3 is 0 Å². The van der Waals surface area contributed by atoms with Gasteiger partial charge in [-0.1, -0.05) is 0 Å². The van der Waals surface area contributed by atoms with Crippen LogP contribution >= 0.6 is 0 Å². The lowest BCUT2D eigenvalue weighted by Gasteiger charge is -2.16. The predicted molar refractivity (Wildman–Crippen MR) is 55.9 cm³/mol. The van der Waals surface area contributed by atoms with E-state index in [0.717, 1.165) is 31.8 Å². The Balaban J connectivity index is 1.98. The number of imidazole rings is 1. The van der Waals surface area contributed by atoms with Crippen molar-refractivity contribution < 1.29 is 4.79 Å². The molecule has 5 heteroatoms. The minimum Gasteiger partial charge on any atom is -0.341 e. The topological polar surface area (TPSA) is 64.1 Å². The van der Waals surface area contributed by atoms with Crippen LogP contribution in [0.5, 0.6) is 0 Å². The van der Waals surface area contributed by atoms with Gasteiger partial charge in [-0.05, 0) is 12.8 Å². The fraction of sp³-hybridized carbons (Fsp3) is 0.600. The number of amides is 1. The summed E-state index contributed by atoms with van der Waals surface area (Å²) in [7, 11) is 0. The van der Waals surface area contributed by atoms with Gasteiger partial charge in [-0.25, -0.2) is 4.98 Å². The Morgan fingerprint density at radius 2 is 2.20 bits per heavy atom. The number of nitrogens with zero attached hydrogens (tertiary/aromatic N) is 3. The first-order valence-electron chi connectivity index (χ1n) is 5.29. The Morgan fingerprint density at radius 1 is 1.47 bits per heavy atom. The molecule has 1 aromatic rings. The maximum atomic E-state index is 11.8. The van der Waals surface area contributed by atoms with Crippen LogP contribution in [0, 0.1) is 0 Å². The number of carbonyl (C=O) groups is 1. The van der Waals surface area contributed by atoms with Gasteiger partial charge in [-0.15, -0.1) is 0 Å². The van der Waals surface area contributed by atoms with E-state index in [1.54, 1.807) is 12.4 Å². The quantitative estimate of drug-likeness (QED) is 0.758. The molecule has 15 heavy (non-hydrogen) atoms. The number of aromatic nitrogens is 2. The van der Waals surface area contributed by atoms with Crippen molar-refractivity contribution in [3.05, 3.63) is 18.2 Å². The lowest BCUT2D eigenvalue weighted by molar-refractivity contribution is -0.130. The van der Waals surface area contributed by atoms with Gasteiger partial charge in [0.2, 0.25) is 5.91 Å². The highest BCUT2D eigenvalue weighted by atomic mass is 16.2. The van der Waals surface area contributed by atoms with Crippen LogP contribution in [0.1, 0.15) is 18.7 Å². The molecule has 1 amide bonds. The van der Waals surface area contributed by atoms with Gasteiger partial charge in [0.05, 0.1) is 6.54 Å². The van der Waals surface area contributed by atoms with Crippen molar-refractivity contribution in [3.8, 4) is 0 Å². The van der Waals surface area contributed by atoms with E-state index in [9.17, 15) is 4.79 Å². The second-order valence-electron chi connectivity index (χ2n) is 3.76. The number of likely N-dealkylation sites (tertiary alicyclic amines) is 1. The summed E-state index contributed by atoms with van der Waals surface area (Å²) in [4.78, 5) is 17.8. The molecule has 5 nitrogen and oxygen atoms in total. The summed E-state index contributed by atoms with van der Waals surface area (Å²) >= 11 is 0. The normalized spacial score (nSPS) is 15.9. The van der Waals surface area contributed by atoms with Crippen molar-refractivity contribution in [3.63, 3.8) is 0 Å². The fourth-order valence-corrected chi connectivity index (χ4v) is 1.89. The summed E-state index contributed by atoms with van der Waals surface area (Å²) in [5.74, 6) is 0.933. The lowest BCUT2D eigenvalue weighted by Crippen LogP contribution is -2.31. The first-order valence-corrected chi connectivity index (χ1v) is 5.29. The van der Waals surface area contributed by atoms with Crippen LogP contribution in [0.3, 0.4) is 0 Å². The van der Waals surface area contributed by atoms with E-state index >= 15 is 0 Å². The molecule has 0 spiro atoms. The fourth-order valence-electron chi connectivity index (χ4n) is 1.89. The van der Waals surface area contributed by atoms with Gasteiger partial charge in [0.15, 0.2) is 0 Å². The molecule has 0 aromatic carbocycles. The van der Waals surface area contributed by atoms with Crippen LogP contribution in [0.15, 0.2) is 12.4 Å². The minimum absolute atomic E-state index is 0.167. The molecule has 0 aliphatic carbocycles. The number of nitrogens with two attached hydrogens (primary N) is 1. The van der Waals surface area contributed by atoms with Gasteiger partial charge in [0.1, 0.15) is 12.4 Å². The van der Waals surface area contributed by atoms with E-state index < -0.39 is 0 Å². The number of hydrogen-bond donors (Lipinski definition) is 1. The van der Waals surface area contributed by atoms with Crippen LogP contribution in [-0.2, 0) is 17.9 Å². The summed E-state index contributed by atoms with van der Waals surface area (Å²) in [6, 6.07) is 0. The summed E-state index contributed by atoms with van der Waals surface area (Å²) < 4.78 is 1.82. The molecule has 0 atom stereocenters. The molecular formula is C10H16N4O. The third kappa shape index (κ3) is 2.18. The Labute approximate surface area is 88.9 Å². The van der Waals surface area contributed by atoms with Gasteiger partial charge in [0, 0.05) is 25.5 Å². The van der Waals surface area contributed by atoms with Crippen molar-refractivity contribution >= 4 is 5.91 Å². The highest BCUT2D eigenvalue weighted by Crippen LogP contribution is 2.08. The molecule has 1 aliphatic rings. The molecule has 1 fully saturated rings. The van der Waals surface area contributed by atoms with E-state index in [1.165, 1.54) is 0 Å². The standard InChI is InChI=1S/C10H16N4O/c11-7-9-12-3-6-14(9)8-10(15)13-4-1-2-5-13/h3,6H,1-2,4-5,7-8,11H2. The number of carbonyl (C=O) groups excluding carboxylic acids is 1. The molecule has 2 N–H and O–H groups in total. The van der Waals surface area contributed by atoms with Crippen LogP contribution in [0.4, 0.5) is 0 Å². The second-order valence-corrected chi connectivity index (χ2v) is 3.76. The van der Waals surface area contributed by atoms with Crippen LogP contribution < -0.4 is 5.73 Å². The summed E-state index contributed by atoms with van der Waals surface area (Å²) in [6.45, 7) is 2.53. The van der Waals surface area contributed by atoms with E-state index in [-0.39, 0.29) is 5.91 Å². The summed E-state index contributed by atoms with van der Waals surface area (Å²) in [5.41, 5.74) is 5.52. The Morgan fingerprint density at radius 3 is 2.87 bits per heavy atom. The molecule has 0 unspecified atom stereocenters. The maximum Gasteiger partial charge on any atom is 0.242 e. The molecule has 1 aromatic heterocycles. The van der Waals surface area contributed by atoms with E-state index in [2.05, 4.69) is 4.98 Å². The molecule has 0 radical (unpaired) electrons. The zero-order valence-corrected chi connectivity index (χ0v) is 8.72. The Kier molecular flexibility index (Phi) is 3.01. The van der Waals surface area contributed by atoms with Crippen molar-refractivity contribution in [1.82, 2.24) is 14.5 Å². The summed E-state index contributed by atoms with van der Waals surface area (Å²) in [5, 5.41) is 0. The maximum absolute atomic E-state index is 11.8. The number of rotatable bonds is 3. The highest BCUT2D eigenvalue weighted by molar-refractivity contribution is 5.76. The zero-order valence-electron chi connectivity index (χ0n) is 8.72. The zero-order chi connectivity index (χ0) is 10.7. The van der Waals surface area contributed by atoms with Crippen molar-refractivity contribution in [2.75, 3.05) is 13.1 Å². The smallest absolute Gasteiger partial charge is 0.242 e. The average Bonchev–Trinajstić information content (AvgIpc) is 2.87. The van der Waals surface area contributed by atoms with Crippen molar-refractivity contribution in [1.29, 1.82) is 0 Å². The minimum atomic E-state index is 0.167. The molecular weight excluding hydrogens is 192 g/mol.